The molecule has 0 aliphatic heterocycles. The Morgan fingerprint density at radius 1 is 1.32 bits per heavy atom. The number of halogens is 1. The minimum absolute atomic E-state index is 0.113. The Morgan fingerprint density at radius 3 is 2.81 bits per heavy atom. The summed E-state index contributed by atoms with van der Waals surface area (Å²) in [4.78, 5) is 18.0. The lowest BCUT2D eigenvalue weighted by molar-refractivity contribution is 0.239. The van der Waals surface area contributed by atoms with Crippen LogP contribution in [0, 0.1) is 6.92 Å². The molecule has 2 N–H and O–H groups in total. The van der Waals surface area contributed by atoms with Crippen molar-refractivity contribution in [2.24, 2.45) is 0 Å². The van der Waals surface area contributed by atoms with E-state index in [-0.39, 0.29) is 17.4 Å². The Labute approximate surface area is 186 Å². The Morgan fingerprint density at radius 2 is 2.16 bits per heavy atom. The molecule has 9 nitrogen and oxygen atoms in total. The van der Waals surface area contributed by atoms with Crippen molar-refractivity contribution in [1.29, 1.82) is 0 Å². The zero-order valence-electron chi connectivity index (χ0n) is 16.7. The second-order valence-electron chi connectivity index (χ2n) is 6.68. The van der Waals surface area contributed by atoms with E-state index in [1.807, 2.05) is 29.8 Å². The van der Waals surface area contributed by atoms with Gasteiger partial charge in [0.15, 0.2) is 5.15 Å². The molecule has 1 atom stereocenters. The number of ether oxygens (including phenoxy) is 1. The highest BCUT2D eigenvalue weighted by Crippen LogP contribution is 2.29. The maximum Gasteiger partial charge on any atom is 0.291 e. The second kappa shape index (κ2) is 8.88. The molecule has 0 aliphatic rings. The van der Waals surface area contributed by atoms with Gasteiger partial charge in [-0.25, -0.2) is 14.0 Å². The van der Waals surface area contributed by atoms with E-state index >= 15 is 0 Å². The summed E-state index contributed by atoms with van der Waals surface area (Å²) in [5.41, 5.74) is 2.11. The topological polar surface area (TPSA) is 107 Å². The fourth-order valence-corrected chi connectivity index (χ4v) is 4.00. The van der Waals surface area contributed by atoms with Gasteiger partial charge in [0.2, 0.25) is 0 Å². The molecule has 1 aromatic carbocycles. The molecule has 11 heteroatoms. The average molecular weight is 459 g/mol. The summed E-state index contributed by atoms with van der Waals surface area (Å²) >= 11 is 7.36. The van der Waals surface area contributed by atoms with Gasteiger partial charge >= 0.3 is 0 Å². The summed E-state index contributed by atoms with van der Waals surface area (Å²) in [7, 11) is 1.57. The number of rotatable bonds is 7. The van der Waals surface area contributed by atoms with Crippen molar-refractivity contribution in [2.75, 3.05) is 19.0 Å². The van der Waals surface area contributed by atoms with Crippen LogP contribution < -0.4 is 15.6 Å². The van der Waals surface area contributed by atoms with Crippen molar-refractivity contribution in [3.8, 4) is 11.4 Å². The first kappa shape index (κ1) is 21.0. The molecule has 0 bridgehead atoms. The lowest BCUT2D eigenvalue weighted by atomic mass is 10.2. The zero-order valence-corrected chi connectivity index (χ0v) is 18.3. The van der Waals surface area contributed by atoms with Gasteiger partial charge in [-0.2, -0.15) is 5.10 Å². The molecule has 0 saturated carbocycles. The van der Waals surface area contributed by atoms with Crippen molar-refractivity contribution in [1.82, 2.24) is 23.7 Å². The molecule has 3 aromatic heterocycles. The van der Waals surface area contributed by atoms with Crippen LogP contribution in [0.15, 0.2) is 53.8 Å². The number of hydrogen-bond donors (Lipinski definition) is 2. The normalized spacial score (nSPS) is 12.0. The van der Waals surface area contributed by atoms with Gasteiger partial charge < -0.3 is 19.7 Å². The molecule has 4 aromatic rings. The van der Waals surface area contributed by atoms with Gasteiger partial charge in [0.05, 0.1) is 36.3 Å². The molecule has 3 heterocycles. The predicted molar refractivity (Wildman–Crippen MR) is 119 cm³/mol. The molecule has 0 fully saturated rings. The van der Waals surface area contributed by atoms with E-state index in [0.717, 1.165) is 16.1 Å². The summed E-state index contributed by atoms with van der Waals surface area (Å²) < 4.78 is 12.6. The summed E-state index contributed by atoms with van der Waals surface area (Å²) in [5, 5.41) is 17.1. The molecule has 4 rings (SSSR count). The smallest absolute Gasteiger partial charge is 0.291 e. The van der Waals surface area contributed by atoms with Crippen molar-refractivity contribution in [3.63, 3.8) is 0 Å². The molecular formula is C20H19ClN6O3S. The Balaban J connectivity index is 1.70. The summed E-state index contributed by atoms with van der Waals surface area (Å²) in [6.07, 6.45) is 5.20. The van der Waals surface area contributed by atoms with E-state index in [4.69, 9.17) is 16.3 Å². The van der Waals surface area contributed by atoms with Crippen LogP contribution >= 0.6 is 23.1 Å². The molecule has 0 unspecified atom stereocenters. The van der Waals surface area contributed by atoms with E-state index < -0.39 is 11.6 Å². The molecule has 0 amide bonds. The number of nitrogens with one attached hydrogen (secondary N) is 1. The van der Waals surface area contributed by atoms with Gasteiger partial charge in [0.1, 0.15) is 17.5 Å². The number of benzene rings is 1. The Kier molecular flexibility index (Phi) is 6.03. The van der Waals surface area contributed by atoms with Crippen molar-refractivity contribution < 1.29 is 9.84 Å². The quantitative estimate of drug-likeness (QED) is 0.438. The van der Waals surface area contributed by atoms with Gasteiger partial charge in [-0.05, 0) is 36.7 Å². The number of hydrogen-bond acceptors (Lipinski definition) is 8. The maximum absolute atomic E-state index is 13.1. The van der Waals surface area contributed by atoms with Crippen molar-refractivity contribution in [2.45, 2.75) is 13.0 Å². The number of anilines is 2. The molecular weight excluding hydrogens is 440 g/mol. The maximum atomic E-state index is 13.1. The highest BCUT2D eigenvalue weighted by atomic mass is 35.5. The molecule has 160 valence electrons. The number of aromatic nitrogens is 5. The van der Waals surface area contributed by atoms with E-state index in [1.54, 1.807) is 31.8 Å². The second-order valence-corrected chi connectivity index (χ2v) is 7.93. The minimum atomic E-state index is -0.680. The third-order valence-electron chi connectivity index (χ3n) is 4.61. The summed E-state index contributed by atoms with van der Waals surface area (Å²) in [6, 6.07) is 7.95. The largest absolute Gasteiger partial charge is 0.494 e. The summed E-state index contributed by atoms with van der Waals surface area (Å²) in [5.74, 6) is 0.598. The van der Waals surface area contributed by atoms with Crippen LogP contribution in [0.2, 0.25) is 5.15 Å². The molecule has 31 heavy (non-hydrogen) atoms. The highest BCUT2D eigenvalue weighted by Gasteiger charge is 2.20. The first-order valence-electron chi connectivity index (χ1n) is 9.27. The number of aryl methyl sites for hydroxylation is 1. The average Bonchev–Trinajstić information content (AvgIpc) is 3.44. The minimum Gasteiger partial charge on any atom is -0.494 e. The van der Waals surface area contributed by atoms with E-state index in [2.05, 4.69) is 19.8 Å². The molecule has 0 spiro atoms. The summed E-state index contributed by atoms with van der Waals surface area (Å²) in [6.45, 7) is 1.59. The standard InChI is InChI=1S/C20H19ClN6O3S/c1-12-9-26(11-22-12)15-4-3-13(7-17(15)30-2)24-14-8-19(21)25-27(20(14)29)16(10-28)18-5-6-23-31-18/h3-9,11,16,24,28H,10H2,1-2H3/t16-/m0/s1. The third-order valence-corrected chi connectivity index (χ3v) is 5.64. The van der Waals surface area contributed by atoms with Crippen LogP contribution in [0.25, 0.3) is 5.69 Å². The molecule has 0 aliphatic carbocycles. The Hall–Kier alpha value is -3.21. The van der Waals surface area contributed by atoms with E-state index in [1.165, 1.54) is 17.6 Å². The van der Waals surface area contributed by atoms with Gasteiger partial charge in [0.25, 0.3) is 5.56 Å². The predicted octanol–water partition coefficient (Wildman–Crippen LogP) is 3.18. The zero-order chi connectivity index (χ0) is 22.0. The van der Waals surface area contributed by atoms with Crippen LogP contribution in [-0.4, -0.2) is 42.5 Å². The number of imidazole rings is 1. The first-order valence-corrected chi connectivity index (χ1v) is 10.4. The lowest BCUT2D eigenvalue weighted by Crippen LogP contribution is -2.31. The number of aliphatic hydroxyl groups excluding tert-OH is 1. The van der Waals surface area contributed by atoms with Crippen LogP contribution in [0.5, 0.6) is 5.75 Å². The SMILES string of the molecule is COc1cc(Nc2cc(Cl)nn([C@@H](CO)c3ccns3)c2=O)ccc1-n1cnc(C)c1. The highest BCUT2D eigenvalue weighted by molar-refractivity contribution is 7.05. The third kappa shape index (κ3) is 4.31. The fourth-order valence-electron chi connectivity index (χ4n) is 3.14. The van der Waals surface area contributed by atoms with Crippen LogP contribution in [0.1, 0.15) is 16.6 Å². The number of nitrogens with zero attached hydrogens (tertiary/aromatic N) is 5. The van der Waals surface area contributed by atoms with Gasteiger partial charge in [-0.1, -0.05) is 11.6 Å². The number of methoxy groups -OCH3 is 1. The molecule has 0 saturated heterocycles. The lowest BCUT2D eigenvalue weighted by Gasteiger charge is -2.17. The number of aliphatic hydroxyl groups is 1. The van der Waals surface area contributed by atoms with E-state index in [9.17, 15) is 9.90 Å². The monoisotopic (exact) mass is 458 g/mol. The fraction of sp³-hybridized carbons (Fsp3) is 0.200. The van der Waals surface area contributed by atoms with Gasteiger partial charge in [-0.15, -0.1) is 0 Å². The van der Waals surface area contributed by atoms with Gasteiger partial charge in [-0.3, -0.25) is 4.79 Å². The van der Waals surface area contributed by atoms with Crippen LogP contribution in [-0.2, 0) is 0 Å². The van der Waals surface area contributed by atoms with Crippen LogP contribution in [0.4, 0.5) is 11.4 Å². The van der Waals surface area contributed by atoms with Crippen LogP contribution in [0.3, 0.4) is 0 Å². The Bertz CT molecular complexity index is 1250. The molecule has 0 radical (unpaired) electrons. The first-order chi connectivity index (χ1) is 15.0. The van der Waals surface area contributed by atoms with Crippen molar-refractivity contribution in [3.05, 3.63) is 75.1 Å². The van der Waals surface area contributed by atoms with E-state index in [0.29, 0.717) is 16.3 Å². The van der Waals surface area contributed by atoms with Gasteiger partial charge in [0, 0.05) is 30.2 Å². The van der Waals surface area contributed by atoms with Crippen molar-refractivity contribution >= 4 is 34.5 Å².